The molecule has 0 radical (unpaired) electrons. The number of carbonyl (C=O) groups is 2. The van der Waals surface area contributed by atoms with Crippen LogP contribution in [0.5, 0.6) is 0 Å². The zero-order valence-electron chi connectivity index (χ0n) is 12.6. The fourth-order valence-electron chi connectivity index (χ4n) is 2.63. The van der Waals surface area contributed by atoms with Gasteiger partial charge in [0.05, 0.1) is 12.3 Å². The smallest absolute Gasteiger partial charge is 0.393 e. The van der Waals surface area contributed by atoms with Crippen molar-refractivity contribution >= 4 is 20.7 Å². The first-order valence-electron chi connectivity index (χ1n) is 7.20. The highest BCUT2D eigenvalue weighted by Gasteiger charge is 2.56. The monoisotopic (exact) mass is 304 g/mol. The van der Waals surface area contributed by atoms with E-state index in [1.54, 1.807) is 0 Å². The molecule has 1 rings (SSSR count). The molecular weight excluding hydrogens is 280 g/mol. The van der Waals surface area contributed by atoms with Crippen LogP contribution >= 0.6 is 0 Å². The Morgan fingerprint density at radius 1 is 1.10 bits per heavy atom. The maximum absolute atomic E-state index is 11.9. The van der Waals surface area contributed by atoms with Crippen LogP contribution in [0.15, 0.2) is 0 Å². The van der Waals surface area contributed by atoms with Crippen molar-refractivity contribution in [1.29, 1.82) is 0 Å². The topological polar surface area (TPSA) is 71.1 Å². The molecule has 0 saturated carbocycles. The number of cyclic esters (lactones) is 2. The third-order valence-corrected chi connectivity index (χ3v) is 7.11. The Morgan fingerprint density at radius 2 is 1.60 bits per heavy atom. The summed E-state index contributed by atoms with van der Waals surface area (Å²) in [6, 6.07) is 0. The van der Waals surface area contributed by atoms with Crippen molar-refractivity contribution in [2.24, 2.45) is 5.92 Å². The summed E-state index contributed by atoms with van der Waals surface area (Å²) < 4.78 is 22.2. The molecule has 0 aromatic rings. The third-order valence-electron chi connectivity index (χ3n) is 3.32. The number of hydrogen-bond donors (Lipinski definition) is 0. The van der Waals surface area contributed by atoms with E-state index in [0.29, 0.717) is 26.2 Å². The summed E-state index contributed by atoms with van der Waals surface area (Å²) in [6.07, 6.45) is 0.721. The average Bonchev–Trinajstić information content (AvgIpc) is 2.70. The van der Waals surface area contributed by atoms with Gasteiger partial charge in [0.1, 0.15) is 0 Å². The molecule has 0 N–H and O–H groups in total. The number of rotatable bonds is 9. The van der Waals surface area contributed by atoms with Crippen LogP contribution in [0.1, 0.15) is 40.5 Å². The van der Waals surface area contributed by atoms with Gasteiger partial charge >= 0.3 is 20.7 Å². The molecule has 1 aliphatic rings. The van der Waals surface area contributed by atoms with E-state index in [9.17, 15) is 9.59 Å². The van der Waals surface area contributed by atoms with Gasteiger partial charge in [0.2, 0.25) is 0 Å². The van der Waals surface area contributed by atoms with Crippen LogP contribution in [-0.2, 0) is 27.6 Å². The molecule has 116 valence electrons. The van der Waals surface area contributed by atoms with Crippen LogP contribution in [0.25, 0.3) is 0 Å². The zero-order chi connectivity index (χ0) is 15.2. The first-order chi connectivity index (χ1) is 9.54. The Balaban J connectivity index is 3.05. The molecule has 1 fully saturated rings. The van der Waals surface area contributed by atoms with E-state index in [-0.39, 0.29) is 12.0 Å². The highest BCUT2D eigenvalue weighted by molar-refractivity contribution is 6.63. The molecule has 0 aromatic heterocycles. The summed E-state index contributed by atoms with van der Waals surface area (Å²) in [7, 11) is -3.01. The normalized spacial score (nSPS) is 21.1. The van der Waals surface area contributed by atoms with Gasteiger partial charge in [-0.1, -0.05) is 6.92 Å². The Morgan fingerprint density at radius 3 is 1.90 bits per heavy atom. The van der Waals surface area contributed by atoms with Crippen molar-refractivity contribution in [1.82, 2.24) is 0 Å². The van der Waals surface area contributed by atoms with Gasteiger partial charge < -0.3 is 18.0 Å². The van der Waals surface area contributed by atoms with Gasteiger partial charge in [-0.25, -0.2) is 0 Å². The minimum Gasteiger partial charge on any atom is -0.393 e. The second kappa shape index (κ2) is 7.87. The fraction of sp³-hybridized carbons (Fsp3) is 0.846. The lowest BCUT2D eigenvalue weighted by Crippen LogP contribution is -2.53. The molecule has 7 heteroatoms. The first-order valence-corrected chi connectivity index (χ1v) is 9.01. The second-order valence-electron chi connectivity index (χ2n) is 4.52. The van der Waals surface area contributed by atoms with Crippen LogP contribution in [0.2, 0.25) is 5.54 Å². The minimum absolute atomic E-state index is 0.0827. The minimum atomic E-state index is -3.01. The lowest BCUT2D eigenvalue weighted by molar-refractivity contribution is -0.153. The van der Waals surface area contributed by atoms with E-state index >= 15 is 0 Å². The van der Waals surface area contributed by atoms with Gasteiger partial charge in [-0.15, -0.1) is 0 Å². The lowest BCUT2D eigenvalue weighted by atomic mass is 10.0. The molecule has 0 aliphatic carbocycles. The molecule has 0 aromatic carbocycles. The zero-order valence-corrected chi connectivity index (χ0v) is 13.6. The van der Waals surface area contributed by atoms with Crippen molar-refractivity contribution in [3.63, 3.8) is 0 Å². The number of ether oxygens (including phenoxy) is 1. The summed E-state index contributed by atoms with van der Waals surface area (Å²) in [6.45, 7) is 8.87. The Kier molecular flexibility index (Phi) is 6.80. The van der Waals surface area contributed by atoms with Crippen LogP contribution in [0.3, 0.4) is 0 Å². The Labute approximate surface area is 121 Å². The Hall–Kier alpha value is -0.763. The molecule has 1 heterocycles. The SMILES string of the molecule is CCO[Si](OCC)(OCC)C(CC)[C@H]1CC(=O)OC1=O. The van der Waals surface area contributed by atoms with Crippen LogP contribution in [-0.4, -0.2) is 40.6 Å². The molecule has 6 nitrogen and oxygen atoms in total. The highest BCUT2D eigenvalue weighted by Crippen LogP contribution is 2.40. The van der Waals surface area contributed by atoms with Crippen molar-refractivity contribution in [3.05, 3.63) is 0 Å². The molecule has 1 unspecified atom stereocenters. The van der Waals surface area contributed by atoms with Gasteiger partial charge in [0, 0.05) is 25.4 Å². The van der Waals surface area contributed by atoms with Gasteiger partial charge in [-0.3, -0.25) is 9.59 Å². The maximum Gasteiger partial charge on any atom is 0.505 e. The highest BCUT2D eigenvalue weighted by atomic mass is 28.4. The predicted molar refractivity (Wildman–Crippen MR) is 73.9 cm³/mol. The summed E-state index contributed by atoms with van der Waals surface area (Å²) in [5.41, 5.74) is -0.249. The summed E-state index contributed by atoms with van der Waals surface area (Å²) in [5, 5.41) is 0. The van der Waals surface area contributed by atoms with Crippen LogP contribution in [0, 0.1) is 5.92 Å². The van der Waals surface area contributed by atoms with E-state index in [1.807, 2.05) is 27.7 Å². The number of esters is 2. The molecule has 20 heavy (non-hydrogen) atoms. The van der Waals surface area contributed by atoms with Gasteiger partial charge in [0.15, 0.2) is 0 Å². The maximum atomic E-state index is 11.9. The number of carbonyl (C=O) groups excluding carboxylic acids is 2. The molecule has 0 bridgehead atoms. The Bertz CT molecular complexity index is 329. The molecular formula is C13H24O6Si. The first kappa shape index (κ1) is 17.3. The van der Waals surface area contributed by atoms with Crippen LogP contribution < -0.4 is 0 Å². The molecule has 2 atom stereocenters. The van der Waals surface area contributed by atoms with Crippen molar-refractivity contribution in [2.45, 2.75) is 46.1 Å². The van der Waals surface area contributed by atoms with Crippen molar-refractivity contribution in [2.75, 3.05) is 19.8 Å². The predicted octanol–water partition coefficient (Wildman–Crippen LogP) is 1.90. The second-order valence-corrected chi connectivity index (χ2v) is 7.34. The molecule has 1 saturated heterocycles. The van der Waals surface area contributed by atoms with Gasteiger partial charge in [0.25, 0.3) is 0 Å². The van der Waals surface area contributed by atoms with E-state index in [4.69, 9.17) is 13.3 Å². The lowest BCUT2D eigenvalue weighted by Gasteiger charge is -2.36. The van der Waals surface area contributed by atoms with E-state index in [1.165, 1.54) is 0 Å². The third kappa shape index (κ3) is 3.66. The standard InChI is InChI=1S/C13H24O6Si/c1-5-11(10-9-12(14)19-13(10)15)20(16-6-2,17-7-3)18-8-4/h10-11H,5-9H2,1-4H3/t10-,11?/m1/s1. The largest absolute Gasteiger partial charge is 0.505 e. The number of hydrogen-bond acceptors (Lipinski definition) is 6. The average molecular weight is 304 g/mol. The quantitative estimate of drug-likeness (QED) is 0.368. The summed E-state index contributed by atoms with van der Waals surface area (Å²) >= 11 is 0. The van der Waals surface area contributed by atoms with Gasteiger partial charge in [-0.05, 0) is 27.2 Å². The molecule has 0 spiro atoms. The summed E-state index contributed by atoms with van der Waals surface area (Å²) in [4.78, 5) is 23.2. The summed E-state index contributed by atoms with van der Waals surface area (Å²) in [5.74, 6) is -1.49. The molecule has 1 aliphatic heterocycles. The van der Waals surface area contributed by atoms with E-state index < -0.39 is 26.7 Å². The van der Waals surface area contributed by atoms with Crippen LogP contribution in [0.4, 0.5) is 0 Å². The molecule has 0 amide bonds. The van der Waals surface area contributed by atoms with Gasteiger partial charge in [-0.2, -0.15) is 0 Å². The van der Waals surface area contributed by atoms with E-state index in [2.05, 4.69) is 4.74 Å². The van der Waals surface area contributed by atoms with Crippen molar-refractivity contribution in [3.8, 4) is 0 Å². The fourth-order valence-corrected chi connectivity index (χ4v) is 5.98. The van der Waals surface area contributed by atoms with E-state index in [0.717, 1.165) is 0 Å². The van der Waals surface area contributed by atoms with Crippen molar-refractivity contribution < 1.29 is 27.6 Å².